The minimum absolute atomic E-state index is 0.117. The minimum atomic E-state index is 0.117. The molecule has 2 aromatic carbocycles. The van der Waals surface area contributed by atoms with Crippen molar-refractivity contribution < 1.29 is 9.84 Å². The third-order valence-electron chi connectivity index (χ3n) is 3.89. The standard InChI is InChI=1S/C18H21NO2/c1-18(2,3)14-8-9-17-13(10-14)11-19(12-21-17)15-6-4-5-7-16(15)20/h4-10,20H,11-12H2,1-3H3. The van der Waals surface area contributed by atoms with Crippen LogP contribution in [0, 0.1) is 0 Å². The molecule has 0 aliphatic carbocycles. The zero-order valence-corrected chi connectivity index (χ0v) is 12.8. The predicted octanol–water partition coefficient (Wildman–Crippen LogP) is 4.05. The molecule has 1 aliphatic heterocycles. The summed E-state index contributed by atoms with van der Waals surface area (Å²) in [5.74, 6) is 1.23. The largest absolute Gasteiger partial charge is 0.506 e. The van der Waals surface area contributed by atoms with E-state index in [0.29, 0.717) is 6.73 Å². The first-order valence-electron chi connectivity index (χ1n) is 7.24. The number of nitrogens with zero attached hydrogens (tertiary/aromatic N) is 1. The Morgan fingerprint density at radius 2 is 1.86 bits per heavy atom. The lowest BCUT2D eigenvalue weighted by Gasteiger charge is -2.32. The molecule has 0 saturated carbocycles. The predicted molar refractivity (Wildman–Crippen MR) is 84.9 cm³/mol. The molecule has 0 unspecified atom stereocenters. The van der Waals surface area contributed by atoms with Crippen LogP contribution in [0.1, 0.15) is 31.9 Å². The molecule has 1 heterocycles. The first kappa shape index (κ1) is 13.8. The molecule has 3 rings (SSSR count). The Hall–Kier alpha value is -2.16. The Balaban J connectivity index is 1.93. The average molecular weight is 283 g/mol. The van der Waals surface area contributed by atoms with Gasteiger partial charge in [-0.2, -0.15) is 0 Å². The molecular weight excluding hydrogens is 262 g/mol. The second kappa shape index (κ2) is 4.99. The third kappa shape index (κ3) is 2.68. The van der Waals surface area contributed by atoms with E-state index in [1.165, 1.54) is 5.56 Å². The summed E-state index contributed by atoms with van der Waals surface area (Å²) < 4.78 is 5.83. The van der Waals surface area contributed by atoms with Crippen LogP contribution in [-0.2, 0) is 12.0 Å². The maximum atomic E-state index is 10.00. The van der Waals surface area contributed by atoms with Crippen LogP contribution in [0.3, 0.4) is 0 Å². The maximum Gasteiger partial charge on any atom is 0.161 e. The van der Waals surface area contributed by atoms with E-state index < -0.39 is 0 Å². The van der Waals surface area contributed by atoms with Gasteiger partial charge in [0.2, 0.25) is 0 Å². The van der Waals surface area contributed by atoms with Crippen molar-refractivity contribution in [3.8, 4) is 11.5 Å². The summed E-state index contributed by atoms with van der Waals surface area (Å²) in [5.41, 5.74) is 3.39. The van der Waals surface area contributed by atoms with Crippen LogP contribution in [0.5, 0.6) is 11.5 Å². The fourth-order valence-electron chi connectivity index (χ4n) is 2.60. The first-order chi connectivity index (χ1) is 9.95. The summed E-state index contributed by atoms with van der Waals surface area (Å²) in [4.78, 5) is 2.05. The normalized spacial score (nSPS) is 14.5. The summed E-state index contributed by atoms with van der Waals surface area (Å²) in [6, 6.07) is 13.8. The van der Waals surface area contributed by atoms with Gasteiger partial charge in [-0.05, 0) is 35.2 Å². The molecule has 0 radical (unpaired) electrons. The van der Waals surface area contributed by atoms with Crippen molar-refractivity contribution in [1.29, 1.82) is 0 Å². The van der Waals surface area contributed by atoms with Crippen LogP contribution in [0.2, 0.25) is 0 Å². The van der Waals surface area contributed by atoms with Gasteiger partial charge in [0.15, 0.2) is 6.73 Å². The lowest BCUT2D eigenvalue weighted by Crippen LogP contribution is -2.32. The Bertz CT molecular complexity index is 659. The quantitative estimate of drug-likeness (QED) is 0.857. The molecule has 3 heteroatoms. The molecule has 0 bridgehead atoms. The van der Waals surface area contributed by atoms with Gasteiger partial charge in [0.05, 0.1) is 5.69 Å². The molecule has 1 N–H and O–H groups in total. The van der Waals surface area contributed by atoms with Gasteiger partial charge in [-0.1, -0.05) is 39.0 Å². The zero-order valence-electron chi connectivity index (χ0n) is 12.8. The highest BCUT2D eigenvalue weighted by atomic mass is 16.5. The third-order valence-corrected chi connectivity index (χ3v) is 3.89. The van der Waals surface area contributed by atoms with Crippen molar-refractivity contribution in [3.05, 3.63) is 53.6 Å². The number of phenols is 1. The van der Waals surface area contributed by atoms with E-state index in [9.17, 15) is 5.11 Å². The van der Waals surface area contributed by atoms with Crippen LogP contribution in [0.4, 0.5) is 5.69 Å². The Morgan fingerprint density at radius 1 is 1.10 bits per heavy atom. The van der Waals surface area contributed by atoms with Crippen molar-refractivity contribution in [2.75, 3.05) is 11.6 Å². The van der Waals surface area contributed by atoms with E-state index in [4.69, 9.17) is 4.74 Å². The van der Waals surface area contributed by atoms with Crippen molar-refractivity contribution in [2.45, 2.75) is 32.7 Å². The van der Waals surface area contributed by atoms with Crippen LogP contribution < -0.4 is 9.64 Å². The van der Waals surface area contributed by atoms with Crippen molar-refractivity contribution in [1.82, 2.24) is 0 Å². The van der Waals surface area contributed by atoms with Crippen LogP contribution >= 0.6 is 0 Å². The van der Waals surface area contributed by atoms with Gasteiger partial charge in [0.1, 0.15) is 11.5 Å². The molecule has 0 amide bonds. The smallest absolute Gasteiger partial charge is 0.161 e. The van der Waals surface area contributed by atoms with Gasteiger partial charge >= 0.3 is 0 Å². The van der Waals surface area contributed by atoms with Crippen molar-refractivity contribution in [2.24, 2.45) is 0 Å². The van der Waals surface area contributed by atoms with Gasteiger partial charge in [-0.15, -0.1) is 0 Å². The van der Waals surface area contributed by atoms with E-state index in [1.54, 1.807) is 6.07 Å². The Morgan fingerprint density at radius 3 is 2.57 bits per heavy atom. The number of hydrogen-bond acceptors (Lipinski definition) is 3. The van der Waals surface area contributed by atoms with E-state index in [2.05, 4.69) is 39.0 Å². The van der Waals surface area contributed by atoms with E-state index >= 15 is 0 Å². The molecule has 0 aromatic heterocycles. The number of phenolic OH excluding ortho intramolecular Hbond substituents is 1. The lowest BCUT2D eigenvalue weighted by molar-refractivity contribution is 0.287. The topological polar surface area (TPSA) is 32.7 Å². The second-order valence-electron chi connectivity index (χ2n) is 6.53. The highest BCUT2D eigenvalue weighted by Crippen LogP contribution is 2.35. The number of benzene rings is 2. The van der Waals surface area contributed by atoms with Crippen LogP contribution in [-0.4, -0.2) is 11.8 Å². The van der Waals surface area contributed by atoms with Crippen molar-refractivity contribution >= 4 is 5.69 Å². The van der Waals surface area contributed by atoms with E-state index in [-0.39, 0.29) is 11.2 Å². The highest BCUT2D eigenvalue weighted by Gasteiger charge is 2.22. The molecule has 0 saturated heterocycles. The summed E-state index contributed by atoms with van der Waals surface area (Å²) in [6.07, 6.45) is 0. The molecule has 21 heavy (non-hydrogen) atoms. The van der Waals surface area contributed by atoms with Gasteiger partial charge in [0.25, 0.3) is 0 Å². The number of fused-ring (bicyclic) bond motifs is 1. The molecule has 3 nitrogen and oxygen atoms in total. The molecule has 2 aromatic rings. The van der Waals surface area contributed by atoms with Gasteiger partial charge in [-0.3, -0.25) is 0 Å². The number of hydrogen-bond donors (Lipinski definition) is 1. The molecule has 0 fully saturated rings. The SMILES string of the molecule is CC(C)(C)c1ccc2c(c1)CN(c1ccccc1O)CO2. The fourth-order valence-corrected chi connectivity index (χ4v) is 2.60. The number of ether oxygens (including phenoxy) is 1. The monoisotopic (exact) mass is 283 g/mol. The zero-order chi connectivity index (χ0) is 15.0. The second-order valence-corrected chi connectivity index (χ2v) is 6.53. The van der Waals surface area contributed by atoms with Gasteiger partial charge < -0.3 is 14.7 Å². The summed E-state index contributed by atoms with van der Waals surface area (Å²) in [7, 11) is 0. The Labute approximate surface area is 125 Å². The number of anilines is 1. The molecular formula is C18H21NO2. The number of rotatable bonds is 1. The Kier molecular flexibility index (Phi) is 3.28. The average Bonchev–Trinajstić information content (AvgIpc) is 2.45. The molecule has 1 aliphatic rings. The number of para-hydroxylation sites is 2. The number of aromatic hydroxyl groups is 1. The van der Waals surface area contributed by atoms with Gasteiger partial charge in [0, 0.05) is 12.1 Å². The van der Waals surface area contributed by atoms with E-state index in [0.717, 1.165) is 23.5 Å². The minimum Gasteiger partial charge on any atom is -0.506 e. The maximum absolute atomic E-state index is 10.00. The van der Waals surface area contributed by atoms with Gasteiger partial charge in [-0.25, -0.2) is 0 Å². The highest BCUT2D eigenvalue weighted by molar-refractivity contribution is 5.59. The van der Waals surface area contributed by atoms with Crippen LogP contribution in [0.15, 0.2) is 42.5 Å². The van der Waals surface area contributed by atoms with Crippen LogP contribution in [0.25, 0.3) is 0 Å². The fraction of sp³-hybridized carbons (Fsp3) is 0.333. The summed E-state index contributed by atoms with van der Waals surface area (Å²) >= 11 is 0. The van der Waals surface area contributed by atoms with E-state index in [1.807, 2.05) is 23.1 Å². The molecule has 110 valence electrons. The summed E-state index contributed by atoms with van der Waals surface area (Å²) in [6.45, 7) is 7.83. The molecule has 0 atom stereocenters. The summed E-state index contributed by atoms with van der Waals surface area (Å²) in [5, 5.41) is 10.00. The molecule has 0 spiro atoms. The lowest BCUT2D eigenvalue weighted by atomic mass is 9.86. The first-order valence-corrected chi connectivity index (χ1v) is 7.24. The van der Waals surface area contributed by atoms with Crippen molar-refractivity contribution in [3.63, 3.8) is 0 Å².